The summed E-state index contributed by atoms with van der Waals surface area (Å²) in [4.78, 5) is 11.8. The van der Waals surface area contributed by atoms with Crippen LogP contribution in [0.2, 0.25) is 0 Å². The Balaban J connectivity index is 2.63. The molecule has 1 aromatic carbocycles. The molecule has 0 radical (unpaired) electrons. The molecule has 118 valence electrons. The summed E-state index contributed by atoms with van der Waals surface area (Å²) in [5.74, 6) is 0. The molecule has 0 amide bonds. The van der Waals surface area contributed by atoms with E-state index in [0.717, 1.165) is 36.7 Å². The van der Waals surface area contributed by atoms with Gasteiger partial charge in [-0.15, -0.1) is 0 Å². The van der Waals surface area contributed by atoms with Crippen LogP contribution in [0.25, 0.3) is 11.1 Å². The topological polar surface area (TPSA) is 56.1 Å². The first kappa shape index (κ1) is 16.2. The van der Waals surface area contributed by atoms with Gasteiger partial charge in [0.2, 0.25) is 6.01 Å². The van der Waals surface area contributed by atoms with Crippen LogP contribution in [0, 0.1) is 0 Å². The number of hydrogen-bond donors (Lipinski definition) is 0. The average Bonchev–Trinajstić information content (AvgIpc) is 2.46. The van der Waals surface area contributed by atoms with E-state index in [1.807, 2.05) is 0 Å². The number of aromatic nitrogens is 1. The summed E-state index contributed by atoms with van der Waals surface area (Å²) >= 11 is 0. The Hall–Kier alpha value is -2.16. The number of nitrogens with zero attached hydrogens (tertiary/aromatic N) is 1. The first-order chi connectivity index (χ1) is 10.1. The highest BCUT2D eigenvalue weighted by molar-refractivity contribution is 7.89. The summed E-state index contributed by atoms with van der Waals surface area (Å²) in [6.07, 6.45) is -2.96. The van der Waals surface area contributed by atoms with E-state index < -0.39 is 33.2 Å². The van der Waals surface area contributed by atoms with Crippen molar-refractivity contribution in [2.24, 2.45) is 0 Å². The summed E-state index contributed by atoms with van der Waals surface area (Å²) < 4.78 is 73.8. The third-order valence-corrected chi connectivity index (χ3v) is 4.00. The van der Waals surface area contributed by atoms with Crippen molar-refractivity contribution >= 4 is 10.0 Å². The first-order valence-corrected chi connectivity index (χ1v) is 7.45. The fraction of sp³-hybridized carbons (Fsp3) is 0.154. The minimum absolute atomic E-state index is 0.108. The smallest absolute Gasteiger partial charge is 0.289 e. The van der Waals surface area contributed by atoms with Crippen LogP contribution in [0.4, 0.5) is 17.6 Å². The third kappa shape index (κ3) is 3.19. The number of benzene rings is 1. The Morgan fingerprint density at radius 2 is 1.82 bits per heavy atom. The van der Waals surface area contributed by atoms with Crippen molar-refractivity contribution in [1.82, 2.24) is 3.97 Å². The van der Waals surface area contributed by atoms with Crippen LogP contribution < -0.4 is 5.43 Å². The number of halogens is 4. The first-order valence-electron chi connectivity index (χ1n) is 5.84. The molecule has 0 unspecified atom stereocenters. The van der Waals surface area contributed by atoms with Crippen molar-refractivity contribution in [1.29, 1.82) is 0 Å². The van der Waals surface area contributed by atoms with Crippen LogP contribution in [0.1, 0.15) is 5.56 Å². The normalized spacial score (nSPS) is 12.4. The maximum Gasteiger partial charge on any atom is 0.416 e. The maximum atomic E-state index is 12.7. The Bertz CT molecular complexity index is 856. The van der Waals surface area contributed by atoms with Crippen LogP contribution in [0.5, 0.6) is 0 Å². The van der Waals surface area contributed by atoms with Gasteiger partial charge in [-0.05, 0) is 17.7 Å². The van der Waals surface area contributed by atoms with Gasteiger partial charge in [-0.3, -0.25) is 4.79 Å². The van der Waals surface area contributed by atoms with Gasteiger partial charge in [-0.2, -0.15) is 13.2 Å². The van der Waals surface area contributed by atoms with E-state index in [1.54, 1.807) is 0 Å². The highest BCUT2D eigenvalue weighted by Gasteiger charge is 2.30. The van der Waals surface area contributed by atoms with Crippen molar-refractivity contribution in [3.8, 4) is 11.1 Å². The molecule has 1 heterocycles. The molecular formula is C13H9F4NO3S. The van der Waals surface area contributed by atoms with Crippen LogP contribution >= 0.6 is 0 Å². The van der Waals surface area contributed by atoms with E-state index in [1.165, 1.54) is 6.07 Å². The van der Waals surface area contributed by atoms with Crippen molar-refractivity contribution in [2.45, 2.75) is 6.18 Å². The largest absolute Gasteiger partial charge is 0.416 e. The van der Waals surface area contributed by atoms with Crippen LogP contribution in [-0.2, 0) is 16.2 Å². The van der Waals surface area contributed by atoms with E-state index >= 15 is 0 Å². The second-order valence-corrected chi connectivity index (χ2v) is 6.16. The Labute approximate surface area is 122 Å². The summed E-state index contributed by atoms with van der Waals surface area (Å²) in [6.45, 7) is 0. The van der Waals surface area contributed by atoms with Gasteiger partial charge >= 0.3 is 6.18 Å². The molecule has 2 aromatic rings. The molecule has 4 nitrogen and oxygen atoms in total. The lowest BCUT2D eigenvalue weighted by molar-refractivity contribution is -0.137. The summed E-state index contributed by atoms with van der Waals surface area (Å²) in [6, 6.07) is 3.03. The van der Waals surface area contributed by atoms with Gasteiger partial charge in [0.05, 0.1) is 5.56 Å². The van der Waals surface area contributed by atoms with Crippen LogP contribution in [0.3, 0.4) is 0 Å². The lowest BCUT2D eigenvalue weighted by atomic mass is 10.0. The molecule has 0 bridgehead atoms. The predicted octanol–water partition coefficient (Wildman–Crippen LogP) is 2.64. The molecule has 0 N–H and O–H groups in total. The molecule has 0 saturated heterocycles. The summed E-state index contributed by atoms with van der Waals surface area (Å²) in [5, 5.41) is 0. The molecule has 22 heavy (non-hydrogen) atoms. The van der Waals surface area contributed by atoms with Gasteiger partial charge in [-0.1, -0.05) is 12.1 Å². The predicted molar refractivity (Wildman–Crippen MR) is 71.4 cm³/mol. The lowest BCUT2D eigenvalue weighted by Crippen LogP contribution is -2.17. The second kappa shape index (κ2) is 5.56. The zero-order chi connectivity index (χ0) is 16.5. The fourth-order valence-electron chi connectivity index (χ4n) is 1.77. The Morgan fingerprint density at radius 3 is 2.41 bits per heavy atom. The minimum atomic E-state index is -4.60. The van der Waals surface area contributed by atoms with E-state index in [0.29, 0.717) is 3.97 Å². The van der Waals surface area contributed by atoms with Gasteiger partial charge in [0, 0.05) is 24.0 Å². The molecule has 2 rings (SSSR count). The molecule has 0 atom stereocenters. The Morgan fingerprint density at radius 1 is 1.14 bits per heavy atom. The SMILES string of the molecule is O=c1ccn(S(=O)(=O)CF)cc1-c1cccc(C(F)(F)F)c1. The summed E-state index contributed by atoms with van der Waals surface area (Å²) in [7, 11) is -4.30. The zero-order valence-electron chi connectivity index (χ0n) is 10.8. The maximum absolute atomic E-state index is 12.7. The van der Waals surface area contributed by atoms with Crippen LogP contribution in [0.15, 0.2) is 47.5 Å². The molecule has 0 spiro atoms. The van der Waals surface area contributed by atoms with Gasteiger partial charge in [0.1, 0.15) is 0 Å². The fourth-order valence-corrected chi connectivity index (χ4v) is 2.40. The molecule has 0 fully saturated rings. The van der Waals surface area contributed by atoms with Crippen molar-refractivity contribution in [3.05, 3.63) is 58.5 Å². The Kier molecular flexibility index (Phi) is 4.10. The monoisotopic (exact) mass is 335 g/mol. The third-order valence-electron chi connectivity index (χ3n) is 2.85. The highest BCUT2D eigenvalue weighted by Crippen LogP contribution is 2.31. The molecular weight excluding hydrogens is 326 g/mol. The van der Waals surface area contributed by atoms with Gasteiger partial charge in [0.15, 0.2) is 5.43 Å². The van der Waals surface area contributed by atoms with Gasteiger partial charge in [0.25, 0.3) is 10.0 Å². The summed E-state index contributed by atoms with van der Waals surface area (Å²) in [5.41, 5.74) is -2.04. The number of alkyl halides is 4. The minimum Gasteiger partial charge on any atom is -0.289 e. The molecule has 0 aliphatic carbocycles. The van der Waals surface area contributed by atoms with Crippen molar-refractivity contribution in [2.75, 3.05) is 6.01 Å². The van der Waals surface area contributed by atoms with E-state index in [4.69, 9.17) is 0 Å². The molecule has 9 heteroatoms. The van der Waals surface area contributed by atoms with E-state index in [9.17, 15) is 30.8 Å². The van der Waals surface area contributed by atoms with Gasteiger partial charge in [-0.25, -0.2) is 16.8 Å². The lowest BCUT2D eigenvalue weighted by Gasteiger charge is -2.10. The molecule has 1 aromatic heterocycles. The van der Waals surface area contributed by atoms with Crippen molar-refractivity contribution < 1.29 is 26.0 Å². The molecule has 0 saturated carbocycles. The zero-order valence-corrected chi connectivity index (χ0v) is 11.7. The van der Waals surface area contributed by atoms with E-state index in [2.05, 4.69) is 0 Å². The molecule has 0 aliphatic heterocycles. The van der Waals surface area contributed by atoms with Crippen LogP contribution in [-0.4, -0.2) is 18.4 Å². The van der Waals surface area contributed by atoms with Crippen molar-refractivity contribution in [3.63, 3.8) is 0 Å². The number of pyridine rings is 1. The average molecular weight is 335 g/mol. The standard InChI is InChI=1S/C13H9F4NO3S/c14-8-22(20,21)18-5-4-12(19)11(7-18)9-2-1-3-10(6-9)13(15,16)17/h1-7H,8H2. The number of hydrogen-bond acceptors (Lipinski definition) is 3. The molecule has 0 aliphatic rings. The second-order valence-electron chi connectivity index (χ2n) is 4.35. The number of rotatable bonds is 3. The quantitative estimate of drug-likeness (QED) is 0.810. The van der Waals surface area contributed by atoms with E-state index in [-0.39, 0.29) is 11.1 Å². The highest BCUT2D eigenvalue weighted by atomic mass is 32.2. The van der Waals surface area contributed by atoms with Gasteiger partial charge < -0.3 is 0 Å².